The van der Waals surface area contributed by atoms with Gasteiger partial charge in [-0.2, -0.15) is 4.31 Å². The van der Waals surface area contributed by atoms with E-state index in [9.17, 15) is 13.2 Å². The Hall–Kier alpha value is -2.33. The molecule has 1 amide bonds. The van der Waals surface area contributed by atoms with Gasteiger partial charge in [-0.15, -0.1) is 0 Å². The number of carbonyl (C=O) groups excluding carboxylic acids is 1. The van der Waals surface area contributed by atoms with Crippen LogP contribution in [0.4, 0.5) is 5.13 Å². The molecule has 190 valence electrons. The van der Waals surface area contributed by atoms with Crippen LogP contribution in [-0.2, 0) is 10.0 Å². The average Bonchev–Trinajstić information content (AvgIpc) is 3.30. The number of fused-ring (bicyclic) bond motifs is 1. The molecular formula is C26H36N4O3S2. The minimum Gasteiger partial charge on any atom is -0.302 e. The van der Waals surface area contributed by atoms with E-state index in [-0.39, 0.29) is 10.8 Å². The lowest BCUT2D eigenvalue weighted by atomic mass is 10.2. The molecule has 3 aromatic rings. The van der Waals surface area contributed by atoms with Crippen molar-refractivity contribution in [2.75, 3.05) is 44.2 Å². The third-order valence-corrected chi connectivity index (χ3v) is 9.19. The van der Waals surface area contributed by atoms with Crippen molar-refractivity contribution in [1.82, 2.24) is 14.2 Å². The Bertz CT molecular complexity index is 1170. The number of amides is 1. The van der Waals surface area contributed by atoms with Crippen LogP contribution in [0.5, 0.6) is 0 Å². The van der Waals surface area contributed by atoms with E-state index in [1.54, 1.807) is 17.0 Å². The fourth-order valence-electron chi connectivity index (χ4n) is 3.90. The highest BCUT2D eigenvalue weighted by Crippen LogP contribution is 2.30. The second kappa shape index (κ2) is 12.6. The maximum absolute atomic E-state index is 13.6. The second-order valence-corrected chi connectivity index (χ2v) is 11.3. The summed E-state index contributed by atoms with van der Waals surface area (Å²) in [5.41, 5.74) is 1.31. The number of hydrogen-bond donors (Lipinski definition) is 0. The van der Waals surface area contributed by atoms with E-state index in [1.807, 2.05) is 38.1 Å². The average molecular weight is 517 g/mol. The molecule has 0 atom stereocenters. The van der Waals surface area contributed by atoms with Crippen molar-refractivity contribution in [3.8, 4) is 0 Å². The van der Waals surface area contributed by atoms with Gasteiger partial charge in [-0.1, -0.05) is 57.6 Å². The minimum absolute atomic E-state index is 0.182. The summed E-state index contributed by atoms with van der Waals surface area (Å²) in [6.07, 6.45) is 1.74. The summed E-state index contributed by atoms with van der Waals surface area (Å²) in [6.45, 7) is 12.0. The molecule has 0 unspecified atom stereocenters. The van der Waals surface area contributed by atoms with Crippen molar-refractivity contribution < 1.29 is 13.2 Å². The maximum Gasteiger partial charge on any atom is 0.260 e. The van der Waals surface area contributed by atoms with Crippen LogP contribution in [0.1, 0.15) is 50.9 Å². The molecule has 0 saturated heterocycles. The van der Waals surface area contributed by atoms with Crippen molar-refractivity contribution >= 4 is 42.6 Å². The van der Waals surface area contributed by atoms with Crippen molar-refractivity contribution in [1.29, 1.82) is 0 Å². The van der Waals surface area contributed by atoms with Crippen molar-refractivity contribution in [2.24, 2.45) is 0 Å². The van der Waals surface area contributed by atoms with E-state index in [4.69, 9.17) is 4.98 Å². The predicted octanol–water partition coefficient (Wildman–Crippen LogP) is 5.10. The topological polar surface area (TPSA) is 73.8 Å². The fraction of sp³-hybridized carbons (Fsp3) is 0.462. The molecule has 0 fully saturated rings. The lowest BCUT2D eigenvalue weighted by Crippen LogP contribution is -2.39. The number of anilines is 1. The predicted molar refractivity (Wildman–Crippen MR) is 145 cm³/mol. The second-order valence-electron chi connectivity index (χ2n) is 8.32. The summed E-state index contributed by atoms with van der Waals surface area (Å²) in [5, 5.41) is 0.650. The summed E-state index contributed by atoms with van der Waals surface area (Å²) in [7, 11) is -3.59. The number of benzene rings is 2. The molecule has 0 bridgehead atoms. The first-order valence-corrected chi connectivity index (χ1v) is 14.6. The van der Waals surface area contributed by atoms with Gasteiger partial charge in [0.2, 0.25) is 10.0 Å². The van der Waals surface area contributed by atoms with Gasteiger partial charge in [0.25, 0.3) is 5.91 Å². The lowest BCUT2D eigenvalue weighted by Gasteiger charge is -2.25. The molecule has 1 heterocycles. The Labute approximate surface area is 213 Å². The van der Waals surface area contributed by atoms with Crippen LogP contribution in [0, 0.1) is 0 Å². The summed E-state index contributed by atoms with van der Waals surface area (Å²) < 4.78 is 28.6. The summed E-state index contributed by atoms with van der Waals surface area (Å²) in [6, 6.07) is 14.2. The number of carbonyl (C=O) groups is 1. The first kappa shape index (κ1) is 27.3. The van der Waals surface area contributed by atoms with Gasteiger partial charge < -0.3 is 4.90 Å². The Morgan fingerprint density at radius 3 is 2.17 bits per heavy atom. The molecule has 0 aliphatic heterocycles. The van der Waals surface area contributed by atoms with Crippen LogP contribution in [0.3, 0.4) is 0 Å². The Balaban J connectivity index is 1.89. The zero-order chi connectivity index (χ0) is 25.4. The van der Waals surface area contributed by atoms with E-state index in [0.29, 0.717) is 30.3 Å². The van der Waals surface area contributed by atoms with Gasteiger partial charge in [-0.25, -0.2) is 13.4 Å². The molecule has 7 nitrogen and oxygen atoms in total. The first-order chi connectivity index (χ1) is 16.8. The van der Waals surface area contributed by atoms with Crippen LogP contribution in [0.25, 0.3) is 10.2 Å². The standard InChI is InChI=1S/C26H36N4O3S2/c1-5-9-18-29(8-4)35(32,33)22-16-14-21(15-17-22)25(31)30(20-19-28(6-2)7-3)26-27-23-12-10-11-13-24(23)34-26/h10-17H,5-9,18-20H2,1-4H3. The largest absolute Gasteiger partial charge is 0.302 e. The van der Waals surface area contributed by atoms with Gasteiger partial charge in [0, 0.05) is 31.7 Å². The highest BCUT2D eigenvalue weighted by molar-refractivity contribution is 7.89. The van der Waals surface area contributed by atoms with Crippen LogP contribution in [0.2, 0.25) is 0 Å². The molecule has 2 aromatic carbocycles. The van der Waals surface area contributed by atoms with Gasteiger partial charge in [-0.3, -0.25) is 9.69 Å². The summed E-state index contributed by atoms with van der Waals surface area (Å²) in [5.74, 6) is -0.182. The van der Waals surface area contributed by atoms with Crippen LogP contribution in [-0.4, -0.2) is 67.8 Å². The monoisotopic (exact) mass is 516 g/mol. The number of unbranched alkanes of at least 4 members (excludes halogenated alkanes) is 1. The number of thiazole rings is 1. The Kier molecular flexibility index (Phi) is 9.80. The number of rotatable bonds is 13. The van der Waals surface area contributed by atoms with Crippen molar-refractivity contribution in [3.63, 3.8) is 0 Å². The van der Waals surface area contributed by atoms with E-state index in [2.05, 4.69) is 18.7 Å². The molecule has 0 radical (unpaired) electrons. The first-order valence-electron chi connectivity index (χ1n) is 12.4. The van der Waals surface area contributed by atoms with Crippen LogP contribution in [0.15, 0.2) is 53.4 Å². The molecule has 9 heteroatoms. The number of nitrogens with zero attached hydrogens (tertiary/aromatic N) is 4. The molecule has 3 rings (SSSR count). The number of para-hydroxylation sites is 1. The lowest BCUT2D eigenvalue weighted by molar-refractivity contribution is 0.0983. The molecule has 0 N–H and O–H groups in total. The highest BCUT2D eigenvalue weighted by Gasteiger charge is 2.25. The fourth-order valence-corrected chi connectivity index (χ4v) is 6.38. The van der Waals surface area contributed by atoms with Crippen molar-refractivity contribution in [2.45, 2.75) is 45.4 Å². The van der Waals surface area contributed by atoms with Gasteiger partial charge in [0.05, 0.1) is 15.1 Å². The quantitative estimate of drug-likeness (QED) is 0.316. The highest BCUT2D eigenvalue weighted by atomic mass is 32.2. The molecule has 0 aliphatic carbocycles. The summed E-state index contributed by atoms with van der Waals surface area (Å²) in [4.78, 5) is 22.5. The van der Waals surface area contributed by atoms with E-state index in [0.717, 1.165) is 42.7 Å². The number of sulfonamides is 1. The van der Waals surface area contributed by atoms with Gasteiger partial charge in [-0.05, 0) is 55.9 Å². The number of likely N-dealkylation sites (N-methyl/N-ethyl adjacent to an activating group) is 1. The third-order valence-electron chi connectivity index (χ3n) is 6.15. The van der Waals surface area contributed by atoms with Crippen molar-refractivity contribution in [3.05, 3.63) is 54.1 Å². The molecule has 0 spiro atoms. The third kappa shape index (κ3) is 6.46. The number of hydrogen-bond acceptors (Lipinski definition) is 6. The minimum atomic E-state index is -3.59. The smallest absolute Gasteiger partial charge is 0.260 e. The Morgan fingerprint density at radius 1 is 0.886 bits per heavy atom. The molecule has 1 aromatic heterocycles. The number of aromatic nitrogens is 1. The van der Waals surface area contributed by atoms with Gasteiger partial charge >= 0.3 is 0 Å². The van der Waals surface area contributed by atoms with E-state index < -0.39 is 10.0 Å². The van der Waals surface area contributed by atoms with E-state index in [1.165, 1.54) is 27.8 Å². The molecular weight excluding hydrogens is 480 g/mol. The zero-order valence-electron chi connectivity index (χ0n) is 21.1. The van der Waals surface area contributed by atoms with E-state index >= 15 is 0 Å². The Morgan fingerprint density at radius 2 is 1.57 bits per heavy atom. The molecule has 0 saturated carbocycles. The maximum atomic E-state index is 13.6. The van der Waals surface area contributed by atoms with Crippen LogP contribution < -0.4 is 4.90 Å². The summed E-state index contributed by atoms with van der Waals surface area (Å²) >= 11 is 1.49. The SMILES string of the molecule is CCCCN(CC)S(=O)(=O)c1ccc(C(=O)N(CCN(CC)CC)c2nc3ccccc3s2)cc1. The normalized spacial score (nSPS) is 12.1. The molecule has 0 aliphatic rings. The zero-order valence-corrected chi connectivity index (χ0v) is 22.7. The van der Waals surface area contributed by atoms with Gasteiger partial charge in [0.1, 0.15) is 0 Å². The van der Waals surface area contributed by atoms with Gasteiger partial charge in [0.15, 0.2) is 5.13 Å². The molecule has 35 heavy (non-hydrogen) atoms. The van der Waals surface area contributed by atoms with Crippen LogP contribution >= 0.6 is 11.3 Å².